The fourth-order valence-corrected chi connectivity index (χ4v) is 2.68. The fourth-order valence-electron chi connectivity index (χ4n) is 1.61. The SMILES string of the molecule is O=C1NC(=O)C(c2cccc(Cl)c2Cl)C1Br. The molecule has 1 aromatic carbocycles. The first-order chi connectivity index (χ1) is 7.52. The minimum absolute atomic E-state index is 0.309. The van der Waals surface area contributed by atoms with Crippen molar-refractivity contribution in [2.75, 3.05) is 0 Å². The molecule has 1 fully saturated rings. The van der Waals surface area contributed by atoms with Crippen molar-refractivity contribution in [1.82, 2.24) is 5.32 Å². The standard InChI is InChI=1S/C10H6BrCl2NO2/c11-7-6(9(15)14-10(7)16)4-2-1-3-5(12)8(4)13/h1-3,6-7H,(H,14,15,16). The summed E-state index contributed by atoms with van der Waals surface area (Å²) >= 11 is 15.0. The average Bonchev–Trinajstić information content (AvgIpc) is 2.47. The molecular weight excluding hydrogens is 317 g/mol. The Morgan fingerprint density at radius 3 is 2.44 bits per heavy atom. The summed E-state index contributed by atoms with van der Waals surface area (Å²) in [6.07, 6.45) is 0. The number of hydrogen-bond donors (Lipinski definition) is 1. The third-order valence-corrected chi connectivity index (χ3v) is 4.17. The summed E-state index contributed by atoms with van der Waals surface area (Å²) in [7, 11) is 0. The van der Waals surface area contributed by atoms with Gasteiger partial charge in [-0.3, -0.25) is 14.9 Å². The predicted octanol–water partition coefficient (Wildman–Crippen LogP) is 2.50. The summed E-state index contributed by atoms with van der Waals surface area (Å²) in [6, 6.07) is 5.01. The van der Waals surface area contributed by atoms with Crippen LogP contribution in [0.2, 0.25) is 10.0 Å². The van der Waals surface area contributed by atoms with Crippen LogP contribution in [-0.4, -0.2) is 16.6 Å². The Morgan fingerprint density at radius 1 is 1.19 bits per heavy atom. The zero-order valence-corrected chi connectivity index (χ0v) is 10.9. The van der Waals surface area contributed by atoms with Gasteiger partial charge in [-0.15, -0.1) is 0 Å². The van der Waals surface area contributed by atoms with Gasteiger partial charge in [0.25, 0.3) is 0 Å². The molecule has 1 N–H and O–H groups in total. The van der Waals surface area contributed by atoms with Crippen molar-refractivity contribution in [3.63, 3.8) is 0 Å². The summed E-state index contributed by atoms with van der Waals surface area (Å²) in [5.74, 6) is -1.35. The normalized spacial score (nSPS) is 24.7. The highest BCUT2D eigenvalue weighted by molar-refractivity contribution is 9.10. The Kier molecular flexibility index (Phi) is 3.24. The summed E-state index contributed by atoms with van der Waals surface area (Å²) in [6.45, 7) is 0. The number of imide groups is 1. The number of amides is 2. The van der Waals surface area contributed by atoms with Crippen molar-refractivity contribution in [3.05, 3.63) is 33.8 Å². The van der Waals surface area contributed by atoms with Gasteiger partial charge < -0.3 is 0 Å². The number of carbonyl (C=O) groups excluding carboxylic acids is 2. The van der Waals surface area contributed by atoms with Crippen molar-refractivity contribution < 1.29 is 9.59 Å². The van der Waals surface area contributed by atoms with Crippen LogP contribution in [0.15, 0.2) is 18.2 Å². The second-order valence-corrected chi connectivity index (χ2v) is 5.15. The Morgan fingerprint density at radius 2 is 1.88 bits per heavy atom. The van der Waals surface area contributed by atoms with Crippen LogP contribution in [-0.2, 0) is 9.59 Å². The molecule has 1 saturated heterocycles. The van der Waals surface area contributed by atoms with Crippen molar-refractivity contribution >= 4 is 50.9 Å². The largest absolute Gasteiger partial charge is 0.295 e. The summed E-state index contributed by atoms with van der Waals surface area (Å²) in [5, 5.41) is 2.91. The van der Waals surface area contributed by atoms with E-state index in [1.165, 1.54) is 0 Å². The van der Waals surface area contributed by atoms with Crippen molar-refractivity contribution in [2.45, 2.75) is 10.7 Å². The number of rotatable bonds is 1. The monoisotopic (exact) mass is 321 g/mol. The van der Waals surface area contributed by atoms with Gasteiger partial charge in [0.2, 0.25) is 11.8 Å². The molecule has 16 heavy (non-hydrogen) atoms. The maximum atomic E-state index is 11.6. The molecule has 0 saturated carbocycles. The molecule has 3 nitrogen and oxygen atoms in total. The van der Waals surface area contributed by atoms with E-state index in [0.29, 0.717) is 15.6 Å². The summed E-state index contributed by atoms with van der Waals surface area (Å²) < 4.78 is 0. The zero-order chi connectivity index (χ0) is 11.9. The molecular formula is C10H6BrCl2NO2. The molecule has 1 heterocycles. The van der Waals surface area contributed by atoms with Gasteiger partial charge in [0.15, 0.2) is 0 Å². The number of alkyl halides is 1. The van der Waals surface area contributed by atoms with Crippen LogP contribution in [0.5, 0.6) is 0 Å². The lowest BCUT2D eigenvalue weighted by atomic mass is 9.97. The van der Waals surface area contributed by atoms with Gasteiger partial charge >= 0.3 is 0 Å². The molecule has 2 rings (SSSR count). The molecule has 1 aliphatic rings. The maximum Gasteiger partial charge on any atom is 0.241 e. The van der Waals surface area contributed by atoms with Gasteiger partial charge in [0.1, 0.15) is 4.83 Å². The minimum atomic E-state index is -0.626. The molecule has 6 heteroatoms. The van der Waals surface area contributed by atoms with Crippen LogP contribution in [0.1, 0.15) is 11.5 Å². The number of nitrogens with one attached hydrogen (secondary N) is 1. The fraction of sp³-hybridized carbons (Fsp3) is 0.200. The lowest BCUT2D eigenvalue weighted by Gasteiger charge is -2.12. The van der Waals surface area contributed by atoms with Crippen LogP contribution < -0.4 is 5.32 Å². The van der Waals surface area contributed by atoms with E-state index in [4.69, 9.17) is 23.2 Å². The first-order valence-corrected chi connectivity index (χ1v) is 6.12. The quantitative estimate of drug-likeness (QED) is 0.638. The maximum absolute atomic E-state index is 11.6. The molecule has 1 aromatic rings. The van der Waals surface area contributed by atoms with Crippen LogP contribution >= 0.6 is 39.1 Å². The van der Waals surface area contributed by atoms with Crippen molar-refractivity contribution in [1.29, 1.82) is 0 Å². The highest BCUT2D eigenvalue weighted by Crippen LogP contribution is 2.37. The molecule has 0 aliphatic carbocycles. The molecule has 0 spiro atoms. The van der Waals surface area contributed by atoms with E-state index in [-0.39, 0.29) is 11.8 Å². The Labute approximate surface area is 110 Å². The van der Waals surface area contributed by atoms with E-state index >= 15 is 0 Å². The van der Waals surface area contributed by atoms with E-state index in [1.807, 2.05) is 0 Å². The van der Waals surface area contributed by atoms with Gasteiger partial charge in [-0.1, -0.05) is 51.3 Å². The number of carbonyl (C=O) groups is 2. The molecule has 2 unspecified atom stereocenters. The predicted molar refractivity (Wildman–Crippen MR) is 65.1 cm³/mol. The molecule has 2 amide bonds. The lowest BCUT2D eigenvalue weighted by molar-refractivity contribution is -0.125. The smallest absolute Gasteiger partial charge is 0.241 e. The topological polar surface area (TPSA) is 46.2 Å². The summed E-state index contributed by atoms with van der Waals surface area (Å²) in [4.78, 5) is 22.3. The third kappa shape index (κ3) is 1.85. The van der Waals surface area contributed by atoms with E-state index in [1.54, 1.807) is 18.2 Å². The number of benzene rings is 1. The molecule has 0 bridgehead atoms. The Bertz CT molecular complexity index is 478. The number of halogens is 3. The highest BCUT2D eigenvalue weighted by atomic mass is 79.9. The van der Waals surface area contributed by atoms with Crippen LogP contribution in [0.3, 0.4) is 0 Å². The average molecular weight is 323 g/mol. The van der Waals surface area contributed by atoms with E-state index in [9.17, 15) is 9.59 Å². The van der Waals surface area contributed by atoms with Crippen LogP contribution in [0.4, 0.5) is 0 Å². The third-order valence-electron chi connectivity index (χ3n) is 2.39. The van der Waals surface area contributed by atoms with Crippen LogP contribution in [0, 0.1) is 0 Å². The first-order valence-electron chi connectivity index (χ1n) is 4.45. The highest BCUT2D eigenvalue weighted by Gasteiger charge is 2.42. The molecule has 0 radical (unpaired) electrons. The number of hydrogen-bond acceptors (Lipinski definition) is 2. The first kappa shape index (κ1) is 11.9. The van der Waals surface area contributed by atoms with Gasteiger partial charge in [-0.05, 0) is 11.6 Å². The zero-order valence-electron chi connectivity index (χ0n) is 7.84. The molecule has 2 atom stereocenters. The molecule has 84 valence electrons. The van der Waals surface area contributed by atoms with E-state index in [0.717, 1.165) is 0 Å². The lowest BCUT2D eigenvalue weighted by Crippen LogP contribution is -2.22. The second kappa shape index (κ2) is 4.35. The second-order valence-electron chi connectivity index (χ2n) is 3.38. The minimum Gasteiger partial charge on any atom is -0.295 e. The molecule has 1 aliphatic heterocycles. The van der Waals surface area contributed by atoms with Crippen molar-refractivity contribution in [2.24, 2.45) is 0 Å². The van der Waals surface area contributed by atoms with E-state index < -0.39 is 10.7 Å². The Balaban J connectivity index is 2.48. The summed E-state index contributed by atoms with van der Waals surface area (Å²) in [5.41, 5.74) is 0.555. The molecule has 0 aromatic heterocycles. The van der Waals surface area contributed by atoms with Gasteiger partial charge in [0, 0.05) is 0 Å². The van der Waals surface area contributed by atoms with Crippen molar-refractivity contribution in [3.8, 4) is 0 Å². The van der Waals surface area contributed by atoms with Gasteiger partial charge in [-0.25, -0.2) is 0 Å². The van der Waals surface area contributed by atoms with Gasteiger partial charge in [-0.2, -0.15) is 0 Å². The van der Waals surface area contributed by atoms with E-state index in [2.05, 4.69) is 21.2 Å². The Hall–Kier alpha value is -0.580. The van der Waals surface area contributed by atoms with Crippen LogP contribution in [0.25, 0.3) is 0 Å². The van der Waals surface area contributed by atoms with Gasteiger partial charge in [0.05, 0.1) is 16.0 Å².